The normalized spacial score (nSPS) is 17.3. The lowest BCUT2D eigenvalue weighted by Gasteiger charge is -2.32. The van der Waals surface area contributed by atoms with Crippen molar-refractivity contribution >= 4 is 11.2 Å². The molecule has 0 aromatic carbocycles. The first-order valence-corrected chi connectivity index (χ1v) is 11.2. The van der Waals surface area contributed by atoms with Crippen molar-refractivity contribution in [3.63, 3.8) is 0 Å². The van der Waals surface area contributed by atoms with Gasteiger partial charge in [0.1, 0.15) is 12.4 Å². The van der Waals surface area contributed by atoms with Gasteiger partial charge < -0.3 is 9.30 Å². The number of rotatable bonds is 8. The van der Waals surface area contributed by atoms with Crippen LogP contribution in [0.3, 0.4) is 0 Å². The number of H-pyrrole nitrogens is 1. The quantitative estimate of drug-likeness (QED) is 0.564. The van der Waals surface area contributed by atoms with Gasteiger partial charge in [0.2, 0.25) is 0 Å². The molecular weight excluding hydrogens is 410 g/mol. The second-order valence-corrected chi connectivity index (χ2v) is 8.43. The third kappa shape index (κ3) is 4.51. The maximum absolute atomic E-state index is 12.5. The lowest BCUT2D eigenvalue weighted by atomic mass is 9.94. The highest BCUT2D eigenvalue weighted by molar-refractivity contribution is 5.70. The van der Waals surface area contributed by atoms with Gasteiger partial charge in [-0.1, -0.05) is 13.3 Å². The predicted octanol–water partition coefficient (Wildman–Crippen LogP) is 1.54. The Morgan fingerprint density at radius 3 is 2.91 bits per heavy atom. The molecule has 172 valence electrons. The van der Waals surface area contributed by atoms with Crippen LogP contribution in [0.15, 0.2) is 21.9 Å². The molecule has 1 aliphatic rings. The number of nitrogens with one attached hydrogen (secondary N) is 1. The molecule has 32 heavy (non-hydrogen) atoms. The van der Waals surface area contributed by atoms with E-state index in [1.807, 2.05) is 17.7 Å². The van der Waals surface area contributed by atoms with Crippen LogP contribution in [0, 0.1) is 0 Å². The van der Waals surface area contributed by atoms with Crippen molar-refractivity contribution in [3.05, 3.63) is 50.4 Å². The van der Waals surface area contributed by atoms with E-state index in [1.54, 1.807) is 17.9 Å². The van der Waals surface area contributed by atoms with Gasteiger partial charge in [-0.3, -0.25) is 19.2 Å². The van der Waals surface area contributed by atoms with Crippen molar-refractivity contribution in [2.24, 2.45) is 7.05 Å². The molecule has 0 amide bonds. The highest BCUT2D eigenvalue weighted by atomic mass is 16.5. The molecule has 4 rings (SSSR count). The Balaban J connectivity index is 1.58. The number of nitrogens with zero attached hydrogens (tertiary/aromatic N) is 6. The number of aromatic nitrogens is 6. The number of imidazole rings is 1. The summed E-state index contributed by atoms with van der Waals surface area (Å²) in [5, 5.41) is 0. The van der Waals surface area contributed by atoms with Crippen molar-refractivity contribution in [2.45, 2.75) is 58.2 Å². The van der Waals surface area contributed by atoms with E-state index in [1.165, 1.54) is 0 Å². The van der Waals surface area contributed by atoms with Crippen LogP contribution >= 0.6 is 0 Å². The summed E-state index contributed by atoms with van der Waals surface area (Å²) >= 11 is 0. The van der Waals surface area contributed by atoms with Crippen molar-refractivity contribution in [1.29, 1.82) is 0 Å². The zero-order valence-corrected chi connectivity index (χ0v) is 19.0. The molecule has 0 unspecified atom stereocenters. The zero-order valence-electron chi connectivity index (χ0n) is 19.0. The number of unbranched alkanes of at least 4 members (excludes halogenated alkanes) is 1. The summed E-state index contributed by atoms with van der Waals surface area (Å²) in [5.74, 6) is 1.79. The largest absolute Gasteiger partial charge is 0.377 e. The molecule has 0 bridgehead atoms. The topological polar surface area (TPSA) is 111 Å². The number of ether oxygens (including phenoxy) is 1. The Hall–Kier alpha value is -2.85. The fraction of sp³-hybridized carbons (Fsp3) is 0.591. The molecule has 3 aromatic rings. The fourth-order valence-electron chi connectivity index (χ4n) is 4.44. The lowest BCUT2D eigenvalue weighted by Crippen LogP contribution is -2.35. The summed E-state index contributed by atoms with van der Waals surface area (Å²) in [5.41, 5.74) is 1.17. The van der Waals surface area contributed by atoms with Gasteiger partial charge in [0.25, 0.3) is 5.56 Å². The van der Waals surface area contributed by atoms with Gasteiger partial charge in [-0.2, -0.15) is 0 Å². The van der Waals surface area contributed by atoms with Crippen molar-refractivity contribution in [1.82, 2.24) is 34.0 Å². The van der Waals surface area contributed by atoms with Crippen LogP contribution in [0.5, 0.6) is 0 Å². The second kappa shape index (κ2) is 9.74. The molecule has 1 aliphatic heterocycles. The van der Waals surface area contributed by atoms with Gasteiger partial charge in [-0.25, -0.2) is 19.7 Å². The summed E-state index contributed by atoms with van der Waals surface area (Å²) in [7, 11) is 3.49. The average Bonchev–Trinajstić information content (AvgIpc) is 3.10. The van der Waals surface area contributed by atoms with Crippen LogP contribution < -0.4 is 11.2 Å². The van der Waals surface area contributed by atoms with Gasteiger partial charge >= 0.3 is 5.69 Å². The number of hydrogen-bond donors (Lipinski definition) is 1. The summed E-state index contributed by atoms with van der Waals surface area (Å²) in [4.78, 5) is 43.3. The van der Waals surface area contributed by atoms with Crippen molar-refractivity contribution in [3.8, 4) is 0 Å². The Labute approximate surface area is 186 Å². The summed E-state index contributed by atoms with van der Waals surface area (Å²) in [6.45, 7) is 5.43. The molecule has 0 radical (unpaired) electrons. The summed E-state index contributed by atoms with van der Waals surface area (Å²) in [6.07, 6.45) is 5.73. The van der Waals surface area contributed by atoms with Crippen LogP contribution in [-0.2, 0) is 31.5 Å². The van der Waals surface area contributed by atoms with E-state index < -0.39 is 5.69 Å². The van der Waals surface area contributed by atoms with Crippen LogP contribution in [-0.4, -0.2) is 54.2 Å². The molecule has 4 heterocycles. The maximum atomic E-state index is 12.5. The van der Waals surface area contributed by atoms with Gasteiger partial charge in [0, 0.05) is 45.1 Å². The first-order valence-electron chi connectivity index (χ1n) is 11.2. The third-order valence-corrected chi connectivity index (χ3v) is 6.13. The fourth-order valence-corrected chi connectivity index (χ4v) is 4.44. The standard InChI is InChI=1S/C22H31N7O3/c1-4-5-11-29-20-19(21(30)26-22(29)31)27(2)18(25-20)13-28-10-6-7-15(12-28)16-8-9-23-17(24-16)14-32-3/h8-9,15H,4-7,10-14H2,1-3H3,(H,26,30,31)/t15-/m1/s1. The minimum absolute atomic E-state index is 0.308. The Morgan fingerprint density at radius 1 is 1.28 bits per heavy atom. The Bertz CT molecular complexity index is 1200. The molecule has 0 aliphatic carbocycles. The SMILES string of the molecule is CCCCn1c(=O)[nH]c(=O)c2c1nc(CN1CCC[C@@H](c3ccnc(COC)n3)C1)n2C. The molecule has 0 spiro atoms. The van der Waals surface area contributed by atoms with E-state index in [0.717, 1.165) is 50.3 Å². The number of piperidine rings is 1. The zero-order chi connectivity index (χ0) is 22.7. The molecule has 1 fully saturated rings. The smallest absolute Gasteiger partial charge is 0.330 e. The van der Waals surface area contributed by atoms with Crippen LogP contribution in [0.2, 0.25) is 0 Å². The van der Waals surface area contributed by atoms with E-state index in [9.17, 15) is 9.59 Å². The minimum atomic E-state index is -0.394. The number of methoxy groups -OCH3 is 1. The molecule has 10 heteroatoms. The van der Waals surface area contributed by atoms with Crippen LogP contribution in [0.1, 0.15) is 55.9 Å². The van der Waals surface area contributed by atoms with E-state index >= 15 is 0 Å². The molecule has 3 aromatic heterocycles. The molecule has 1 N–H and O–H groups in total. The number of aryl methyl sites for hydroxylation is 2. The van der Waals surface area contributed by atoms with Gasteiger partial charge in [0.15, 0.2) is 17.0 Å². The highest BCUT2D eigenvalue weighted by Crippen LogP contribution is 2.26. The Morgan fingerprint density at radius 2 is 2.12 bits per heavy atom. The van der Waals surface area contributed by atoms with E-state index in [4.69, 9.17) is 9.72 Å². The van der Waals surface area contributed by atoms with Crippen molar-refractivity contribution < 1.29 is 4.74 Å². The number of fused-ring (bicyclic) bond motifs is 1. The number of likely N-dealkylation sites (tertiary alicyclic amines) is 1. The first-order chi connectivity index (χ1) is 15.5. The molecule has 10 nitrogen and oxygen atoms in total. The van der Waals surface area contributed by atoms with E-state index in [2.05, 4.69) is 26.8 Å². The van der Waals surface area contributed by atoms with E-state index in [-0.39, 0.29) is 5.56 Å². The van der Waals surface area contributed by atoms with Crippen LogP contribution in [0.25, 0.3) is 11.2 Å². The molecule has 1 atom stereocenters. The lowest BCUT2D eigenvalue weighted by molar-refractivity contribution is 0.175. The maximum Gasteiger partial charge on any atom is 0.330 e. The van der Waals surface area contributed by atoms with Crippen LogP contribution in [0.4, 0.5) is 0 Å². The number of hydrogen-bond acceptors (Lipinski definition) is 7. The Kier molecular flexibility index (Phi) is 6.80. The summed E-state index contributed by atoms with van der Waals surface area (Å²) in [6, 6.07) is 1.98. The van der Waals surface area contributed by atoms with E-state index in [0.29, 0.717) is 42.6 Å². The molecular formula is C22H31N7O3. The predicted molar refractivity (Wildman–Crippen MR) is 120 cm³/mol. The average molecular weight is 442 g/mol. The first kappa shape index (κ1) is 22.3. The van der Waals surface area contributed by atoms with Gasteiger partial charge in [-0.15, -0.1) is 0 Å². The van der Waals surface area contributed by atoms with Crippen molar-refractivity contribution in [2.75, 3.05) is 20.2 Å². The third-order valence-electron chi connectivity index (χ3n) is 6.13. The second-order valence-electron chi connectivity index (χ2n) is 8.43. The summed E-state index contributed by atoms with van der Waals surface area (Å²) < 4.78 is 8.57. The monoisotopic (exact) mass is 441 g/mol. The highest BCUT2D eigenvalue weighted by Gasteiger charge is 2.25. The number of aromatic amines is 1. The minimum Gasteiger partial charge on any atom is -0.377 e. The molecule has 0 saturated carbocycles. The van der Waals surface area contributed by atoms with Gasteiger partial charge in [0.05, 0.1) is 6.54 Å². The molecule has 1 saturated heterocycles. The van der Waals surface area contributed by atoms with Gasteiger partial charge in [-0.05, 0) is 31.9 Å².